The molecule has 3 fully saturated rings. The molecule has 2 aliphatic heterocycles. The van der Waals surface area contributed by atoms with Gasteiger partial charge in [-0.2, -0.15) is 0 Å². The van der Waals surface area contributed by atoms with Crippen molar-refractivity contribution in [2.45, 2.75) is 38.5 Å². The predicted octanol–water partition coefficient (Wildman–Crippen LogP) is 3.69. The molecule has 2 saturated heterocycles. The molecule has 138 valence electrons. The van der Waals surface area contributed by atoms with Crippen LogP contribution >= 0.6 is 0 Å². The van der Waals surface area contributed by atoms with Gasteiger partial charge in [-0.15, -0.1) is 0 Å². The lowest BCUT2D eigenvalue weighted by Crippen LogP contribution is -2.37. The summed E-state index contributed by atoms with van der Waals surface area (Å²) < 4.78 is 5.49. The van der Waals surface area contributed by atoms with Crippen LogP contribution in [0.4, 0.5) is 5.82 Å². The summed E-state index contributed by atoms with van der Waals surface area (Å²) in [6.07, 6.45) is 10.5. The van der Waals surface area contributed by atoms with Crippen LogP contribution in [0.2, 0.25) is 0 Å². The van der Waals surface area contributed by atoms with Gasteiger partial charge in [-0.25, -0.2) is 4.98 Å². The van der Waals surface area contributed by atoms with Crippen molar-refractivity contribution in [3.63, 3.8) is 0 Å². The summed E-state index contributed by atoms with van der Waals surface area (Å²) in [5.41, 5.74) is 0.895. The maximum Gasteiger partial charge on any atom is 0.222 e. The molecule has 5 nitrogen and oxygen atoms in total. The summed E-state index contributed by atoms with van der Waals surface area (Å²) in [6.45, 7) is 3.99. The first-order chi connectivity index (χ1) is 12.8. The third kappa shape index (κ3) is 2.87. The predicted molar refractivity (Wildman–Crippen MR) is 101 cm³/mol. The van der Waals surface area contributed by atoms with Gasteiger partial charge in [-0.3, -0.25) is 4.79 Å². The molecule has 1 saturated carbocycles. The van der Waals surface area contributed by atoms with Gasteiger partial charge in [-0.1, -0.05) is 6.42 Å². The number of pyridine rings is 1. The summed E-state index contributed by atoms with van der Waals surface area (Å²) in [5.74, 6) is 3.52. The largest absolute Gasteiger partial charge is 0.464 e. The van der Waals surface area contributed by atoms with E-state index in [1.54, 1.807) is 6.26 Å². The molecule has 1 amide bonds. The molecule has 0 N–H and O–H groups in total. The van der Waals surface area contributed by atoms with Gasteiger partial charge in [0.1, 0.15) is 11.4 Å². The fourth-order valence-corrected chi connectivity index (χ4v) is 5.30. The van der Waals surface area contributed by atoms with Crippen molar-refractivity contribution >= 4 is 22.7 Å². The first-order valence-corrected chi connectivity index (χ1v) is 10.1. The van der Waals surface area contributed by atoms with Crippen molar-refractivity contribution in [3.8, 4) is 0 Å². The summed E-state index contributed by atoms with van der Waals surface area (Å²) in [7, 11) is 0. The Morgan fingerprint density at radius 3 is 2.65 bits per heavy atom. The average Bonchev–Trinajstić information content (AvgIpc) is 3.37. The molecule has 0 aromatic carbocycles. The van der Waals surface area contributed by atoms with E-state index in [-0.39, 0.29) is 0 Å². The first kappa shape index (κ1) is 16.2. The summed E-state index contributed by atoms with van der Waals surface area (Å²) in [4.78, 5) is 21.8. The molecule has 0 radical (unpaired) electrons. The molecule has 5 rings (SSSR count). The lowest BCUT2D eigenvalue weighted by Gasteiger charge is -2.33. The van der Waals surface area contributed by atoms with Crippen LogP contribution in [0.5, 0.6) is 0 Å². The second-order valence-corrected chi connectivity index (χ2v) is 8.35. The minimum absolute atomic E-state index is 0.396. The van der Waals surface area contributed by atoms with E-state index in [0.29, 0.717) is 11.8 Å². The van der Waals surface area contributed by atoms with Gasteiger partial charge in [0.15, 0.2) is 0 Å². The molecule has 4 heterocycles. The van der Waals surface area contributed by atoms with Gasteiger partial charge < -0.3 is 14.2 Å². The van der Waals surface area contributed by atoms with Crippen molar-refractivity contribution in [2.24, 2.45) is 17.8 Å². The quantitative estimate of drug-likeness (QED) is 0.844. The molecule has 1 aliphatic carbocycles. The van der Waals surface area contributed by atoms with Gasteiger partial charge in [0.25, 0.3) is 0 Å². The smallest absolute Gasteiger partial charge is 0.222 e. The second kappa shape index (κ2) is 6.60. The van der Waals surface area contributed by atoms with Crippen molar-refractivity contribution in [1.29, 1.82) is 0 Å². The molecule has 26 heavy (non-hydrogen) atoms. The zero-order valence-electron chi connectivity index (χ0n) is 15.3. The zero-order chi connectivity index (χ0) is 17.5. The van der Waals surface area contributed by atoms with E-state index in [4.69, 9.17) is 4.42 Å². The van der Waals surface area contributed by atoms with Crippen molar-refractivity contribution in [2.75, 3.05) is 31.1 Å². The Morgan fingerprint density at radius 1 is 1.12 bits per heavy atom. The van der Waals surface area contributed by atoms with E-state index in [1.165, 1.54) is 19.3 Å². The molecule has 0 spiro atoms. The van der Waals surface area contributed by atoms with Gasteiger partial charge in [0, 0.05) is 38.8 Å². The Bertz CT molecular complexity index is 781. The summed E-state index contributed by atoms with van der Waals surface area (Å²) >= 11 is 0. The molecular formula is C21H27N3O2. The SMILES string of the molecule is O=C(CC1CCN(c2nccc3occc23)CC1)N1CC2CCCC2C1. The van der Waals surface area contributed by atoms with E-state index in [9.17, 15) is 4.79 Å². The van der Waals surface area contributed by atoms with Crippen LogP contribution in [0.25, 0.3) is 11.0 Å². The number of carbonyl (C=O) groups excluding carboxylic acids is 1. The van der Waals surface area contributed by atoms with Gasteiger partial charge in [0.05, 0.1) is 11.6 Å². The molecule has 2 aromatic rings. The van der Waals surface area contributed by atoms with Crippen LogP contribution in [0, 0.1) is 17.8 Å². The van der Waals surface area contributed by atoms with E-state index in [2.05, 4.69) is 14.8 Å². The molecule has 2 unspecified atom stereocenters. The number of carbonyl (C=O) groups is 1. The highest BCUT2D eigenvalue weighted by atomic mass is 16.3. The number of fused-ring (bicyclic) bond motifs is 2. The lowest BCUT2D eigenvalue weighted by atomic mass is 9.93. The van der Waals surface area contributed by atoms with Crippen LogP contribution < -0.4 is 4.90 Å². The van der Waals surface area contributed by atoms with Crippen LogP contribution in [0.3, 0.4) is 0 Å². The second-order valence-electron chi connectivity index (χ2n) is 8.35. The highest BCUT2D eigenvalue weighted by Crippen LogP contribution is 2.38. The molecule has 5 heteroatoms. The monoisotopic (exact) mass is 353 g/mol. The van der Waals surface area contributed by atoms with Crippen molar-refractivity contribution in [3.05, 3.63) is 24.6 Å². The number of likely N-dealkylation sites (tertiary alicyclic amines) is 1. The highest BCUT2D eigenvalue weighted by Gasteiger charge is 2.38. The van der Waals surface area contributed by atoms with E-state index >= 15 is 0 Å². The van der Waals surface area contributed by atoms with Crippen LogP contribution in [0.15, 0.2) is 29.0 Å². The van der Waals surface area contributed by atoms with E-state index in [1.807, 2.05) is 18.3 Å². The Morgan fingerprint density at radius 2 is 1.88 bits per heavy atom. The molecule has 2 aromatic heterocycles. The number of anilines is 1. The maximum absolute atomic E-state index is 12.7. The Balaban J connectivity index is 1.17. The Hall–Kier alpha value is -2.04. The normalized spacial score (nSPS) is 26.6. The van der Waals surface area contributed by atoms with E-state index < -0.39 is 0 Å². The number of rotatable bonds is 3. The van der Waals surface area contributed by atoms with Crippen LogP contribution in [0.1, 0.15) is 38.5 Å². The van der Waals surface area contributed by atoms with Gasteiger partial charge >= 0.3 is 0 Å². The maximum atomic E-state index is 12.7. The number of hydrogen-bond donors (Lipinski definition) is 0. The third-order valence-corrected chi connectivity index (χ3v) is 6.82. The molecule has 0 bridgehead atoms. The topological polar surface area (TPSA) is 49.6 Å². The highest BCUT2D eigenvalue weighted by molar-refractivity contribution is 5.88. The zero-order valence-corrected chi connectivity index (χ0v) is 15.3. The molecule has 3 aliphatic rings. The molecular weight excluding hydrogens is 326 g/mol. The Kier molecular flexibility index (Phi) is 4.10. The van der Waals surface area contributed by atoms with Crippen molar-refractivity contribution < 1.29 is 9.21 Å². The minimum atomic E-state index is 0.396. The van der Waals surface area contributed by atoms with Gasteiger partial charge in [-0.05, 0) is 55.6 Å². The minimum Gasteiger partial charge on any atom is -0.464 e. The van der Waals surface area contributed by atoms with Crippen molar-refractivity contribution in [1.82, 2.24) is 9.88 Å². The average molecular weight is 353 g/mol. The lowest BCUT2D eigenvalue weighted by molar-refractivity contribution is -0.131. The number of nitrogens with zero attached hydrogens (tertiary/aromatic N) is 3. The Labute approximate surface area is 154 Å². The third-order valence-electron chi connectivity index (χ3n) is 6.82. The van der Waals surface area contributed by atoms with Gasteiger partial charge in [0.2, 0.25) is 5.91 Å². The number of piperidine rings is 1. The standard InChI is InChI=1S/C21H27N3O2/c25-20(24-13-16-2-1-3-17(16)14-24)12-15-5-9-23(10-6-15)21-18-7-11-26-19(18)4-8-22-21/h4,7-8,11,15-17H,1-3,5-6,9-10,12-14H2. The number of hydrogen-bond acceptors (Lipinski definition) is 4. The van der Waals surface area contributed by atoms with E-state index in [0.717, 1.165) is 74.1 Å². The van der Waals surface area contributed by atoms with Crippen LogP contribution in [-0.4, -0.2) is 42.0 Å². The first-order valence-electron chi connectivity index (χ1n) is 10.1. The summed E-state index contributed by atoms with van der Waals surface area (Å²) in [5, 5.41) is 1.09. The fraction of sp³-hybridized carbons (Fsp3) is 0.619. The molecule has 2 atom stereocenters. The van der Waals surface area contributed by atoms with Crippen LogP contribution in [-0.2, 0) is 4.79 Å². The fourth-order valence-electron chi connectivity index (χ4n) is 5.30. The summed E-state index contributed by atoms with van der Waals surface area (Å²) in [6, 6.07) is 3.91. The number of aromatic nitrogens is 1. The number of furan rings is 1. The number of amides is 1.